The average molecular weight is 551 g/mol. The summed E-state index contributed by atoms with van der Waals surface area (Å²) in [6.07, 6.45) is 0. The molecule has 10 rings (SSSR count). The summed E-state index contributed by atoms with van der Waals surface area (Å²) < 4.78 is 9.66. The number of hydrogen-bond donors (Lipinski definition) is 0. The Bertz CT molecular complexity index is 2430. The van der Waals surface area contributed by atoms with Crippen LogP contribution in [-0.4, -0.2) is 6.92 Å². The summed E-state index contributed by atoms with van der Waals surface area (Å²) in [5.41, 5.74) is 8.47. The fraction of sp³-hybridized carbons (Fsp3) is 0. The molecule has 0 bridgehead atoms. The molecular weight excluding hydrogens is 529 g/mol. The number of hydrogen-bond acceptors (Lipinski definition) is 3. The van der Waals surface area contributed by atoms with Crippen molar-refractivity contribution in [2.24, 2.45) is 0 Å². The molecular formula is C38H22BNOS. The minimum atomic E-state index is -0.217. The van der Waals surface area contributed by atoms with E-state index in [1.54, 1.807) is 0 Å². The Kier molecular flexibility index (Phi) is 4.44. The van der Waals surface area contributed by atoms with E-state index >= 15 is 0 Å². The first kappa shape index (κ1) is 22.6. The molecule has 0 saturated carbocycles. The number of para-hydroxylation sites is 1. The van der Waals surface area contributed by atoms with Crippen LogP contribution in [0.5, 0.6) is 5.75 Å². The Morgan fingerprint density at radius 2 is 1.29 bits per heavy atom. The first-order valence-corrected chi connectivity index (χ1v) is 15.2. The molecule has 42 heavy (non-hydrogen) atoms. The molecule has 2 aliphatic rings. The molecule has 8 aromatic rings. The van der Waals surface area contributed by atoms with Crippen molar-refractivity contribution in [2.45, 2.75) is 0 Å². The van der Waals surface area contributed by atoms with E-state index in [2.05, 4.69) is 138 Å². The summed E-state index contributed by atoms with van der Waals surface area (Å²) in [7, 11) is 0. The van der Waals surface area contributed by atoms with Crippen molar-refractivity contribution in [1.82, 2.24) is 0 Å². The minimum Gasteiger partial charge on any atom is -0.551 e. The topological polar surface area (TPSA) is 12.5 Å². The second-order valence-corrected chi connectivity index (χ2v) is 12.3. The van der Waals surface area contributed by atoms with E-state index in [-0.39, 0.29) is 6.92 Å². The van der Waals surface area contributed by atoms with Crippen LogP contribution < -0.4 is 20.5 Å². The summed E-state index contributed by atoms with van der Waals surface area (Å²) in [6, 6.07) is 48.5. The van der Waals surface area contributed by atoms with Crippen molar-refractivity contribution in [3.8, 4) is 16.9 Å². The summed E-state index contributed by atoms with van der Waals surface area (Å²) in [5.74, 6) is 0.946. The van der Waals surface area contributed by atoms with Crippen molar-refractivity contribution >= 4 is 88.0 Å². The van der Waals surface area contributed by atoms with Gasteiger partial charge >= 0.3 is 6.92 Å². The minimum absolute atomic E-state index is 0.217. The summed E-state index contributed by atoms with van der Waals surface area (Å²) in [4.78, 5) is 2.48. The summed E-state index contributed by atoms with van der Waals surface area (Å²) in [6.45, 7) is -0.217. The van der Waals surface area contributed by atoms with Gasteiger partial charge in [0.2, 0.25) is 0 Å². The molecule has 0 amide bonds. The van der Waals surface area contributed by atoms with Gasteiger partial charge in [-0.15, -0.1) is 11.3 Å². The lowest BCUT2D eigenvalue weighted by molar-refractivity contribution is 0.590. The van der Waals surface area contributed by atoms with Crippen molar-refractivity contribution in [3.63, 3.8) is 0 Å². The van der Waals surface area contributed by atoms with Crippen LogP contribution in [0.4, 0.5) is 17.1 Å². The molecule has 194 valence electrons. The first-order valence-electron chi connectivity index (χ1n) is 14.4. The number of nitrogens with zero attached hydrogens (tertiary/aromatic N) is 1. The molecule has 0 saturated heterocycles. The highest BCUT2D eigenvalue weighted by atomic mass is 32.1. The normalized spacial score (nSPS) is 13.3. The van der Waals surface area contributed by atoms with Gasteiger partial charge in [-0.05, 0) is 63.5 Å². The molecule has 2 aliphatic heterocycles. The van der Waals surface area contributed by atoms with Crippen molar-refractivity contribution in [2.75, 3.05) is 4.90 Å². The van der Waals surface area contributed by atoms with E-state index in [0.29, 0.717) is 0 Å². The standard InChI is InChI=1S/C38H22BNOS/c1-2-11-25-21-26(19-17-23(25)9-1)40-30-20-18-24-10-3-4-12-27(24)37(30)39-38-31(40)22-34-35(29-14-6-8-16-33(29)42-34)36(38)28-13-5-7-15-32(28)41-39/h1-22H. The molecule has 0 unspecified atom stereocenters. The lowest BCUT2D eigenvalue weighted by Crippen LogP contribution is -2.56. The van der Waals surface area contributed by atoms with E-state index < -0.39 is 0 Å². The third kappa shape index (κ3) is 2.94. The summed E-state index contributed by atoms with van der Waals surface area (Å²) >= 11 is 1.88. The third-order valence-corrected chi connectivity index (χ3v) is 10.1. The van der Waals surface area contributed by atoms with Gasteiger partial charge in [-0.3, -0.25) is 0 Å². The highest BCUT2D eigenvalue weighted by Gasteiger charge is 2.44. The molecule has 2 nitrogen and oxygen atoms in total. The van der Waals surface area contributed by atoms with Crippen LogP contribution in [0.1, 0.15) is 0 Å². The molecule has 7 aromatic carbocycles. The van der Waals surface area contributed by atoms with Gasteiger partial charge < -0.3 is 9.55 Å². The van der Waals surface area contributed by atoms with Gasteiger partial charge in [0, 0.05) is 53.7 Å². The van der Waals surface area contributed by atoms with Crippen LogP contribution in [0.25, 0.3) is 52.8 Å². The van der Waals surface area contributed by atoms with Gasteiger partial charge in [-0.25, -0.2) is 0 Å². The van der Waals surface area contributed by atoms with Crippen LogP contribution in [0.15, 0.2) is 133 Å². The van der Waals surface area contributed by atoms with Crippen LogP contribution in [0, 0.1) is 0 Å². The molecule has 0 spiro atoms. The Morgan fingerprint density at radius 3 is 2.21 bits per heavy atom. The maximum absolute atomic E-state index is 7.04. The van der Waals surface area contributed by atoms with Gasteiger partial charge in [0.1, 0.15) is 5.75 Å². The average Bonchev–Trinajstić information content (AvgIpc) is 3.42. The second kappa shape index (κ2) is 8.25. The van der Waals surface area contributed by atoms with Crippen molar-refractivity contribution in [1.29, 1.82) is 0 Å². The lowest BCUT2D eigenvalue weighted by Gasteiger charge is -2.40. The highest BCUT2D eigenvalue weighted by Crippen LogP contribution is 2.50. The zero-order valence-corrected chi connectivity index (χ0v) is 23.4. The fourth-order valence-electron chi connectivity index (χ4n) is 7.26. The monoisotopic (exact) mass is 551 g/mol. The van der Waals surface area contributed by atoms with Gasteiger partial charge in [0.25, 0.3) is 0 Å². The quantitative estimate of drug-likeness (QED) is 0.189. The van der Waals surface area contributed by atoms with E-state index in [4.69, 9.17) is 4.65 Å². The number of rotatable bonds is 1. The van der Waals surface area contributed by atoms with Gasteiger partial charge in [-0.1, -0.05) is 97.1 Å². The molecule has 0 atom stereocenters. The molecule has 0 N–H and O–H groups in total. The second-order valence-electron chi connectivity index (χ2n) is 11.2. The van der Waals surface area contributed by atoms with E-state index in [1.807, 2.05) is 11.3 Å². The Balaban J connectivity index is 1.41. The predicted molar refractivity (Wildman–Crippen MR) is 180 cm³/mol. The maximum atomic E-state index is 7.04. The fourth-order valence-corrected chi connectivity index (χ4v) is 8.41. The SMILES string of the molecule is c1ccc2c(c1)OB1c3c(cc4sc5ccccc5c4c3-2)N(c2ccc3ccccc3c2)c2ccc3ccccc3c21. The zero-order valence-electron chi connectivity index (χ0n) is 22.5. The Labute approximate surface area is 247 Å². The molecule has 4 heteroatoms. The van der Waals surface area contributed by atoms with Gasteiger partial charge in [0.15, 0.2) is 0 Å². The molecule has 0 fully saturated rings. The smallest absolute Gasteiger partial charge is 0.432 e. The molecule has 1 aromatic heterocycles. The largest absolute Gasteiger partial charge is 0.551 e. The zero-order chi connectivity index (χ0) is 27.4. The highest BCUT2D eigenvalue weighted by molar-refractivity contribution is 7.26. The van der Waals surface area contributed by atoms with Crippen LogP contribution in [0.2, 0.25) is 0 Å². The third-order valence-electron chi connectivity index (χ3n) is 9.03. The van der Waals surface area contributed by atoms with Crippen LogP contribution in [0.3, 0.4) is 0 Å². The number of benzene rings is 7. The number of anilines is 3. The molecule has 3 heterocycles. The first-order chi connectivity index (χ1) is 20.8. The van der Waals surface area contributed by atoms with Crippen LogP contribution >= 0.6 is 11.3 Å². The molecule has 0 radical (unpaired) electrons. The lowest BCUT2D eigenvalue weighted by atomic mass is 9.48. The van der Waals surface area contributed by atoms with Gasteiger partial charge in [-0.2, -0.15) is 0 Å². The van der Waals surface area contributed by atoms with Crippen molar-refractivity contribution in [3.05, 3.63) is 133 Å². The van der Waals surface area contributed by atoms with Crippen molar-refractivity contribution < 1.29 is 4.65 Å². The molecule has 0 aliphatic carbocycles. The van der Waals surface area contributed by atoms with Crippen LogP contribution in [-0.2, 0) is 0 Å². The van der Waals surface area contributed by atoms with E-state index in [1.165, 1.54) is 75.1 Å². The maximum Gasteiger partial charge on any atom is 0.432 e. The van der Waals surface area contributed by atoms with E-state index in [0.717, 1.165) is 11.4 Å². The Hall–Kier alpha value is -5.06. The Morgan fingerprint density at radius 1 is 0.548 bits per heavy atom. The van der Waals surface area contributed by atoms with Gasteiger partial charge in [0.05, 0.1) is 0 Å². The van der Waals surface area contributed by atoms with E-state index in [9.17, 15) is 0 Å². The number of thiophene rings is 1. The predicted octanol–water partition coefficient (Wildman–Crippen LogP) is 9.31. The number of fused-ring (bicyclic) bond motifs is 11. The summed E-state index contributed by atoms with van der Waals surface area (Å²) in [5, 5.41) is 7.58.